The van der Waals surface area contributed by atoms with Crippen molar-refractivity contribution in [1.82, 2.24) is 4.98 Å². The van der Waals surface area contributed by atoms with Crippen molar-refractivity contribution in [2.75, 3.05) is 10.6 Å². The Bertz CT molecular complexity index is 1060. The Morgan fingerprint density at radius 2 is 1.93 bits per heavy atom. The van der Waals surface area contributed by atoms with Gasteiger partial charge in [-0.2, -0.15) is 0 Å². The second kappa shape index (κ2) is 8.47. The van der Waals surface area contributed by atoms with Gasteiger partial charge in [-0.3, -0.25) is 14.9 Å². The van der Waals surface area contributed by atoms with Crippen LogP contribution in [0, 0.1) is 6.92 Å². The van der Waals surface area contributed by atoms with Crippen molar-refractivity contribution in [2.24, 2.45) is 0 Å². The molecular weight excluding hydrogens is 450 g/mol. The zero-order chi connectivity index (χ0) is 20.4. The molecule has 7 heteroatoms. The lowest BCUT2D eigenvalue weighted by Crippen LogP contribution is -2.24. The average Bonchev–Trinajstić information content (AvgIpc) is 3.10. The third-order valence-electron chi connectivity index (χ3n) is 4.90. The Kier molecular flexibility index (Phi) is 5.78. The molecule has 148 valence electrons. The molecule has 1 aliphatic carbocycles. The van der Waals surface area contributed by atoms with Crippen LogP contribution in [0.5, 0.6) is 0 Å². The van der Waals surface area contributed by atoms with E-state index in [2.05, 4.69) is 31.5 Å². The van der Waals surface area contributed by atoms with Crippen LogP contribution >= 0.6 is 27.3 Å². The molecular formula is C22H20BrN3O2S. The summed E-state index contributed by atoms with van der Waals surface area (Å²) >= 11 is 4.88. The highest BCUT2D eigenvalue weighted by Crippen LogP contribution is 2.37. The summed E-state index contributed by atoms with van der Waals surface area (Å²) in [4.78, 5) is 31.1. The molecule has 2 N–H and O–H groups in total. The van der Waals surface area contributed by atoms with Crippen LogP contribution in [0.2, 0.25) is 0 Å². The van der Waals surface area contributed by atoms with Gasteiger partial charge in [0.15, 0.2) is 5.13 Å². The van der Waals surface area contributed by atoms with Crippen LogP contribution in [0.3, 0.4) is 0 Å². The van der Waals surface area contributed by atoms with Gasteiger partial charge in [0.25, 0.3) is 5.91 Å². The monoisotopic (exact) mass is 469 g/mol. The highest BCUT2D eigenvalue weighted by atomic mass is 79.9. The minimum atomic E-state index is -0.306. The van der Waals surface area contributed by atoms with Crippen LogP contribution in [0.4, 0.5) is 10.8 Å². The summed E-state index contributed by atoms with van der Waals surface area (Å²) in [5, 5.41) is 6.41. The zero-order valence-corrected chi connectivity index (χ0v) is 18.3. The normalized spacial score (nSPS) is 15.4. The predicted molar refractivity (Wildman–Crippen MR) is 120 cm³/mol. The van der Waals surface area contributed by atoms with Gasteiger partial charge in [0.1, 0.15) is 0 Å². The summed E-state index contributed by atoms with van der Waals surface area (Å²) < 4.78 is 0.911. The first-order chi connectivity index (χ1) is 14.0. The van der Waals surface area contributed by atoms with Crippen LogP contribution in [0.25, 0.3) is 0 Å². The lowest BCUT2D eigenvalue weighted by atomic mass is 9.90. The largest absolute Gasteiger partial charge is 0.325 e. The van der Waals surface area contributed by atoms with Crippen molar-refractivity contribution in [1.29, 1.82) is 0 Å². The Morgan fingerprint density at radius 3 is 2.69 bits per heavy atom. The second-order valence-electron chi connectivity index (χ2n) is 7.09. The minimum Gasteiger partial charge on any atom is -0.325 e. The van der Waals surface area contributed by atoms with E-state index < -0.39 is 0 Å². The maximum atomic E-state index is 12.9. The van der Waals surface area contributed by atoms with Gasteiger partial charge in [0.05, 0.1) is 11.6 Å². The highest BCUT2D eigenvalue weighted by Gasteiger charge is 2.30. The number of hydrogen-bond acceptors (Lipinski definition) is 4. The molecule has 5 nitrogen and oxygen atoms in total. The molecule has 0 saturated carbocycles. The molecule has 0 fully saturated rings. The van der Waals surface area contributed by atoms with E-state index in [0.717, 1.165) is 45.6 Å². The van der Waals surface area contributed by atoms with Crippen molar-refractivity contribution >= 4 is 49.9 Å². The molecule has 1 heterocycles. The van der Waals surface area contributed by atoms with E-state index >= 15 is 0 Å². The summed E-state index contributed by atoms with van der Waals surface area (Å²) in [5.41, 5.74) is 3.23. The van der Waals surface area contributed by atoms with Gasteiger partial charge >= 0.3 is 0 Å². The van der Waals surface area contributed by atoms with Gasteiger partial charge in [-0.05, 0) is 56.5 Å². The zero-order valence-electron chi connectivity index (χ0n) is 15.9. The number of rotatable bonds is 4. The summed E-state index contributed by atoms with van der Waals surface area (Å²) in [7, 11) is 0. The number of halogens is 1. The van der Waals surface area contributed by atoms with Gasteiger partial charge in [-0.25, -0.2) is 4.98 Å². The van der Waals surface area contributed by atoms with Crippen molar-refractivity contribution < 1.29 is 9.59 Å². The topological polar surface area (TPSA) is 71.1 Å². The van der Waals surface area contributed by atoms with Crippen molar-refractivity contribution in [3.05, 3.63) is 74.7 Å². The molecule has 0 aliphatic heterocycles. The Labute approximate surface area is 181 Å². The number of carbonyl (C=O) groups excluding carboxylic acids is 2. The smallest absolute Gasteiger partial charge is 0.257 e. The third kappa shape index (κ3) is 4.57. The lowest BCUT2D eigenvalue weighted by Gasteiger charge is -2.20. The summed E-state index contributed by atoms with van der Waals surface area (Å²) in [5.74, 6) is -0.559. The molecule has 0 radical (unpaired) electrons. The molecule has 29 heavy (non-hydrogen) atoms. The number of nitrogens with zero attached hydrogens (tertiary/aromatic N) is 1. The highest BCUT2D eigenvalue weighted by molar-refractivity contribution is 9.10. The van der Waals surface area contributed by atoms with Gasteiger partial charge in [-0.1, -0.05) is 39.7 Å². The fraction of sp³-hybridized carbons (Fsp3) is 0.227. The first-order valence-electron chi connectivity index (χ1n) is 9.43. The summed E-state index contributed by atoms with van der Waals surface area (Å²) in [6.45, 7) is 1.98. The quantitative estimate of drug-likeness (QED) is 0.527. The molecule has 2 aromatic carbocycles. The Balaban J connectivity index is 1.50. The summed E-state index contributed by atoms with van der Waals surface area (Å²) in [6, 6.07) is 14.9. The van der Waals surface area contributed by atoms with Gasteiger partial charge in [0.2, 0.25) is 5.91 Å². The molecule has 3 aromatic rings. The van der Waals surface area contributed by atoms with E-state index in [1.165, 1.54) is 11.3 Å². The van der Waals surface area contributed by atoms with Crippen molar-refractivity contribution in [2.45, 2.75) is 32.1 Å². The fourth-order valence-corrected chi connectivity index (χ4v) is 4.86. The van der Waals surface area contributed by atoms with E-state index in [4.69, 9.17) is 0 Å². The first kappa shape index (κ1) is 19.8. The van der Waals surface area contributed by atoms with E-state index in [1.807, 2.05) is 43.3 Å². The van der Waals surface area contributed by atoms with Gasteiger partial charge < -0.3 is 5.32 Å². The number of aryl methyl sites for hydroxylation is 2. The lowest BCUT2D eigenvalue weighted by molar-refractivity contribution is -0.117. The minimum absolute atomic E-state index is 0.0641. The molecule has 0 bridgehead atoms. The molecule has 2 amide bonds. The number of aromatic nitrogens is 1. The molecule has 1 aromatic heterocycles. The van der Waals surface area contributed by atoms with Crippen LogP contribution < -0.4 is 10.6 Å². The van der Waals surface area contributed by atoms with E-state index in [1.54, 1.807) is 12.1 Å². The average molecular weight is 470 g/mol. The Morgan fingerprint density at radius 1 is 1.14 bits per heavy atom. The fourth-order valence-electron chi connectivity index (χ4n) is 3.40. The molecule has 4 rings (SSSR count). The van der Waals surface area contributed by atoms with Crippen LogP contribution in [0.15, 0.2) is 53.0 Å². The summed E-state index contributed by atoms with van der Waals surface area (Å²) in [6.07, 6.45) is 2.56. The molecule has 1 atom stereocenters. The van der Waals surface area contributed by atoms with Gasteiger partial charge in [-0.15, -0.1) is 11.3 Å². The maximum Gasteiger partial charge on any atom is 0.257 e. The van der Waals surface area contributed by atoms with Crippen LogP contribution in [-0.2, 0) is 11.2 Å². The van der Waals surface area contributed by atoms with E-state index in [9.17, 15) is 9.59 Å². The van der Waals surface area contributed by atoms with Crippen LogP contribution in [0.1, 0.15) is 45.3 Å². The number of thiazole rings is 1. The molecule has 0 saturated heterocycles. The standard InChI is InChI=1S/C22H20BrN3O2S/c1-13-8-10-14(11-9-13)20(27)26-22-25-19-17(6-3-7-18(19)29-22)21(28)24-16-5-2-4-15(23)12-16/h2,4-5,8-12,17H,3,6-7H2,1H3,(H,24,28)(H,25,26,27). The molecule has 1 aliphatic rings. The maximum absolute atomic E-state index is 12.9. The molecule has 1 unspecified atom stereocenters. The number of nitrogens with one attached hydrogen (secondary N) is 2. The number of hydrogen-bond donors (Lipinski definition) is 2. The number of carbonyl (C=O) groups is 2. The first-order valence-corrected chi connectivity index (χ1v) is 11.0. The molecule has 0 spiro atoms. The number of fused-ring (bicyclic) bond motifs is 1. The van der Waals surface area contributed by atoms with E-state index in [-0.39, 0.29) is 17.7 Å². The van der Waals surface area contributed by atoms with Gasteiger partial charge in [0, 0.05) is 20.6 Å². The number of benzene rings is 2. The number of amides is 2. The van der Waals surface area contributed by atoms with Crippen molar-refractivity contribution in [3.63, 3.8) is 0 Å². The second-order valence-corrected chi connectivity index (χ2v) is 9.09. The Hall–Kier alpha value is -2.51. The van der Waals surface area contributed by atoms with Crippen LogP contribution in [-0.4, -0.2) is 16.8 Å². The third-order valence-corrected chi connectivity index (χ3v) is 6.44. The van der Waals surface area contributed by atoms with Crippen molar-refractivity contribution in [3.8, 4) is 0 Å². The number of anilines is 2. The predicted octanol–water partition coefficient (Wildman–Crippen LogP) is 5.52. The van der Waals surface area contributed by atoms with E-state index in [0.29, 0.717) is 10.7 Å². The SMILES string of the molecule is Cc1ccc(C(=O)Nc2nc3c(s2)CCCC3C(=O)Nc2cccc(Br)c2)cc1.